The second-order valence-corrected chi connectivity index (χ2v) is 5.02. The summed E-state index contributed by atoms with van der Waals surface area (Å²) in [5, 5.41) is 3.90. The van der Waals surface area contributed by atoms with Crippen molar-refractivity contribution in [3.8, 4) is 11.3 Å². The Morgan fingerprint density at radius 3 is 2.70 bits per heavy atom. The molecule has 3 rings (SSSR count). The van der Waals surface area contributed by atoms with Gasteiger partial charge in [-0.1, -0.05) is 18.0 Å². The Morgan fingerprint density at radius 2 is 2.00 bits per heavy atom. The second kappa shape index (κ2) is 5.86. The number of hydrogen-bond donors (Lipinski definition) is 0. The Bertz CT molecular complexity index is 572. The lowest BCUT2D eigenvalue weighted by molar-refractivity contribution is 0.0751. The highest BCUT2D eigenvalue weighted by molar-refractivity contribution is 5.93. The van der Waals surface area contributed by atoms with Crippen LogP contribution in [0.5, 0.6) is 0 Å². The van der Waals surface area contributed by atoms with Gasteiger partial charge in [-0.15, -0.1) is 0 Å². The standard InChI is InChI=1S/C15H17N3O2/c19-15(18-8-3-1-2-4-9-18)13-10-14(20-17-13)12-6-5-7-16-11-12/h5-7,10-11H,1-4,8-9H2. The van der Waals surface area contributed by atoms with E-state index in [4.69, 9.17) is 4.52 Å². The van der Waals surface area contributed by atoms with Crippen LogP contribution in [0.2, 0.25) is 0 Å². The Labute approximate surface area is 117 Å². The zero-order chi connectivity index (χ0) is 13.8. The highest BCUT2D eigenvalue weighted by atomic mass is 16.5. The summed E-state index contributed by atoms with van der Waals surface area (Å²) in [6.45, 7) is 1.63. The van der Waals surface area contributed by atoms with Crippen LogP contribution in [0.4, 0.5) is 0 Å². The van der Waals surface area contributed by atoms with Gasteiger partial charge in [-0.3, -0.25) is 9.78 Å². The molecule has 5 nitrogen and oxygen atoms in total. The van der Waals surface area contributed by atoms with Crippen molar-refractivity contribution in [3.63, 3.8) is 0 Å². The molecule has 0 saturated carbocycles. The van der Waals surface area contributed by atoms with Gasteiger partial charge in [-0.2, -0.15) is 0 Å². The Balaban J connectivity index is 1.77. The summed E-state index contributed by atoms with van der Waals surface area (Å²) in [6, 6.07) is 5.41. The van der Waals surface area contributed by atoms with Crippen molar-refractivity contribution in [1.29, 1.82) is 0 Å². The quantitative estimate of drug-likeness (QED) is 0.842. The molecule has 1 aliphatic rings. The third-order valence-electron chi connectivity index (χ3n) is 3.57. The molecule has 3 heterocycles. The van der Waals surface area contributed by atoms with Crippen LogP contribution in [-0.2, 0) is 0 Å². The fraction of sp³-hybridized carbons (Fsp3) is 0.400. The molecule has 0 aliphatic carbocycles. The second-order valence-electron chi connectivity index (χ2n) is 5.02. The first-order chi connectivity index (χ1) is 9.84. The SMILES string of the molecule is O=C(c1cc(-c2cccnc2)on1)N1CCCCCC1. The number of pyridine rings is 1. The first kappa shape index (κ1) is 12.8. The molecule has 1 fully saturated rings. The van der Waals surface area contributed by atoms with Crippen LogP contribution in [0.1, 0.15) is 36.2 Å². The van der Waals surface area contributed by atoms with Crippen molar-refractivity contribution < 1.29 is 9.32 Å². The monoisotopic (exact) mass is 271 g/mol. The van der Waals surface area contributed by atoms with Gasteiger partial charge in [0.2, 0.25) is 0 Å². The molecular formula is C15H17N3O2. The summed E-state index contributed by atoms with van der Waals surface area (Å²) in [5.74, 6) is 0.544. The molecule has 20 heavy (non-hydrogen) atoms. The van der Waals surface area contributed by atoms with Crippen molar-refractivity contribution >= 4 is 5.91 Å². The molecule has 0 atom stereocenters. The predicted octanol–water partition coefficient (Wildman–Crippen LogP) is 2.75. The molecule has 0 bridgehead atoms. The Hall–Kier alpha value is -2.17. The van der Waals surface area contributed by atoms with Crippen molar-refractivity contribution in [2.75, 3.05) is 13.1 Å². The van der Waals surface area contributed by atoms with Gasteiger partial charge in [0.25, 0.3) is 5.91 Å². The fourth-order valence-electron chi connectivity index (χ4n) is 2.46. The third-order valence-corrected chi connectivity index (χ3v) is 3.57. The van der Waals surface area contributed by atoms with Crippen LogP contribution in [0.25, 0.3) is 11.3 Å². The van der Waals surface area contributed by atoms with Crippen molar-refractivity contribution in [1.82, 2.24) is 15.0 Å². The normalized spacial score (nSPS) is 15.9. The molecule has 104 valence electrons. The van der Waals surface area contributed by atoms with E-state index in [1.54, 1.807) is 18.5 Å². The van der Waals surface area contributed by atoms with E-state index >= 15 is 0 Å². The van der Waals surface area contributed by atoms with Crippen LogP contribution >= 0.6 is 0 Å². The minimum absolute atomic E-state index is 0.0363. The van der Waals surface area contributed by atoms with Gasteiger partial charge in [0, 0.05) is 37.1 Å². The average molecular weight is 271 g/mol. The maximum absolute atomic E-state index is 12.4. The van der Waals surface area contributed by atoms with Crippen molar-refractivity contribution in [2.45, 2.75) is 25.7 Å². The minimum Gasteiger partial charge on any atom is -0.355 e. The van der Waals surface area contributed by atoms with Gasteiger partial charge in [-0.25, -0.2) is 0 Å². The molecular weight excluding hydrogens is 254 g/mol. The van der Waals surface area contributed by atoms with Gasteiger partial charge < -0.3 is 9.42 Å². The predicted molar refractivity (Wildman–Crippen MR) is 74.1 cm³/mol. The summed E-state index contributed by atoms with van der Waals surface area (Å²) in [6.07, 6.45) is 7.93. The first-order valence-electron chi connectivity index (χ1n) is 7.01. The van der Waals surface area contributed by atoms with Crippen LogP contribution < -0.4 is 0 Å². The topological polar surface area (TPSA) is 59.2 Å². The van der Waals surface area contributed by atoms with Gasteiger partial charge in [0.05, 0.1) is 0 Å². The summed E-state index contributed by atoms with van der Waals surface area (Å²) < 4.78 is 5.26. The van der Waals surface area contributed by atoms with E-state index < -0.39 is 0 Å². The van der Waals surface area contributed by atoms with Gasteiger partial charge in [-0.05, 0) is 25.0 Å². The number of aromatic nitrogens is 2. The van der Waals surface area contributed by atoms with Gasteiger partial charge in [0.15, 0.2) is 11.5 Å². The van der Waals surface area contributed by atoms with Crippen LogP contribution in [0.3, 0.4) is 0 Å². The lowest BCUT2D eigenvalue weighted by Crippen LogP contribution is -2.31. The molecule has 2 aromatic heterocycles. The third kappa shape index (κ3) is 2.71. The molecule has 1 saturated heterocycles. The van der Waals surface area contributed by atoms with Gasteiger partial charge in [0.1, 0.15) is 0 Å². The minimum atomic E-state index is -0.0363. The molecule has 0 unspecified atom stereocenters. The summed E-state index contributed by atoms with van der Waals surface area (Å²) in [4.78, 5) is 18.3. The van der Waals surface area contributed by atoms with Crippen LogP contribution in [0, 0.1) is 0 Å². The largest absolute Gasteiger partial charge is 0.355 e. The highest BCUT2D eigenvalue weighted by Crippen LogP contribution is 2.20. The number of hydrogen-bond acceptors (Lipinski definition) is 4. The summed E-state index contributed by atoms with van der Waals surface area (Å²) in [5.41, 5.74) is 1.21. The number of amides is 1. The molecule has 1 amide bonds. The number of nitrogens with zero attached hydrogens (tertiary/aromatic N) is 3. The van der Waals surface area contributed by atoms with Crippen molar-refractivity contribution in [3.05, 3.63) is 36.3 Å². The maximum Gasteiger partial charge on any atom is 0.276 e. The number of likely N-dealkylation sites (tertiary alicyclic amines) is 1. The van der Waals surface area contributed by atoms with Crippen molar-refractivity contribution in [2.24, 2.45) is 0 Å². The van der Waals surface area contributed by atoms with E-state index in [1.807, 2.05) is 17.0 Å². The zero-order valence-corrected chi connectivity index (χ0v) is 11.3. The van der Waals surface area contributed by atoms with E-state index in [-0.39, 0.29) is 5.91 Å². The van der Waals surface area contributed by atoms with E-state index in [0.717, 1.165) is 31.5 Å². The molecule has 0 radical (unpaired) electrons. The smallest absolute Gasteiger partial charge is 0.276 e. The Kier molecular flexibility index (Phi) is 3.76. The summed E-state index contributed by atoms with van der Waals surface area (Å²) in [7, 11) is 0. The van der Waals surface area contributed by atoms with Crippen LogP contribution in [-0.4, -0.2) is 34.0 Å². The molecule has 2 aromatic rings. The number of carbonyl (C=O) groups is 1. The lowest BCUT2D eigenvalue weighted by atomic mass is 10.2. The number of rotatable bonds is 2. The molecule has 0 spiro atoms. The maximum atomic E-state index is 12.4. The average Bonchev–Trinajstić information content (AvgIpc) is 2.83. The van der Waals surface area contributed by atoms with Gasteiger partial charge >= 0.3 is 0 Å². The summed E-state index contributed by atoms with van der Waals surface area (Å²) >= 11 is 0. The van der Waals surface area contributed by atoms with E-state index in [1.165, 1.54) is 12.8 Å². The van der Waals surface area contributed by atoms with Crippen LogP contribution in [0.15, 0.2) is 35.1 Å². The van der Waals surface area contributed by atoms with E-state index in [0.29, 0.717) is 11.5 Å². The lowest BCUT2D eigenvalue weighted by Gasteiger charge is -2.18. The zero-order valence-electron chi connectivity index (χ0n) is 11.3. The van der Waals surface area contributed by atoms with E-state index in [2.05, 4.69) is 10.1 Å². The highest BCUT2D eigenvalue weighted by Gasteiger charge is 2.21. The fourth-order valence-corrected chi connectivity index (χ4v) is 2.46. The Morgan fingerprint density at radius 1 is 1.20 bits per heavy atom. The molecule has 0 aromatic carbocycles. The van der Waals surface area contributed by atoms with E-state index in [9.17, 15) is 4.79 Å². The molecule has 1 aliphatic heterocycles. The molecule has 0 N–H and O–H groups in total. The first-order valence-corrected chi connectivity index (χ1v) is 7.01. The molecule has 5 heteroatoms. The number of carbonyl (C=O) groups excluding carboxylic acids is 1.